The molecular weight excluding hydrogens is 327 g/mol. The number of benzene rings is 1. The van der Waals surface area contributed by atoms with Crippen molar-refractivity contribution in [1.82, 2.24) is 0 Å². The SMILES string of the molecule is CCOC(=O)C(CC(C)c1ccc(Cl)cc1Cl)C(=O)OCC. The molecule has 0 saturated carbocycles. The highest BCUT2D eigenvalue weighted by molar-refractivity contribution is 6.35. The van der Waals surface area contributed by atoms with Gasteiger partial charge in [0.05, 0.1) is 13.2 Å². The van der Waals surface area contributed by atoms with Crippen molar-refractivity contribution in [3.63, 3.8) is 0 Å². The minimum Gasteiger partial charge on any atom is -0.465 e. The van der Waals surface area contributed by atoms with Crippen LogP contribution < -0.4 is 0 Å². The van der Waals surface area contributed by atoms with Crippen LogP contribution in [0.4, 0.5) is 0 Å². The summed E-state index contributed by atoms with van der Waals surface area (Å²) in [5, 5.41) is 1.04. The zero-order valence-electron chi connectivity index (χ0n) is 12.9. The molecule has 22 heavy (non-hydrogen) atoms. The third kappa shape index (κ3) is 5.18. The van der Waals surface area contributed by atoms with E-state index >= 15 is 0 Å². The fourth-order valence-corrected chi connectivity index (χ4v) is 2.75. The van der Waals surface area contributed by atoms with Crippen molar-refractivity contribution < 1.29 is 19.1 Å². The largest absolute Gasteiger partial charge is 0.465 e. The van der Waals surface area contributed by atoms with E-state index in [1.807, 2.05) is 6.92 Å². The minimum atomic E-state index is -0.957. The van der Waals surface area contributed by atoms with Crippen LogP contribution in [-0.2, 0) is 19.1 Å². The number of esters is 2. The molecule has 0 aliphatic rings. The molecule has 0 heterocycles. The second-order valence-corrected chi connectivity index (χ2v) is 5.70. The Kier molecular flexibility index (Phi) is 7.69. The number of hydrogen-bond acceptors (Lipinski definition) is 4. The van der Waals surface area contributed by atoms with Crippen molar-refractivity contribution in [3.05, 3.63) is 33.8 Å². The molecule has 0 N–H and O–H groups in total. The monoisotopic (exact) mass is 346 g/mol. The van der Waals surface area contributed by atoms with Gasteiger partial charge < -0.3 is 9.47 Å². The Balaban J connectivity index is 2.92. The molecule has 0 spiro atoms. The molecular formula is C16H20Cl2O4. The average molecular weight is 347 g/mol. The zero-order chi connectivity index (χ0) is 16.7. The molecule has 0 fully saturated rings. The van der Waals surface area contributed by atoms with Crippen molar-refractivity contribution in [3.8, 4) is 0 Å². The Morgan fingerprint density at radius 2 is 1.64 bits per heavy atom. The predicted molar refractivity (Wildman–Crippen MR) is 86.3 cm³/mol. The number of halogens is 2. The van der Waals surface area contributed by atoms with Crippen LogP contribution in [0.1, 0.15) is 38.7 Å². The summed E-state index contributed by atoms with van der Waals surface area (Å²) in [5.74, 6) is -2.22. The van der Waals surface area contributed by atoms with Crippen molar-refractivity contribution >= 4 is 35.1 Å². The van der Waals surface area contributed by atoms with Gasteiger partial charge in [-0.1, -0.05) is 36.2 Å². The second kappa shape index (κ2) is 9.01. The molecule has 122 valence electrons. The van der Waals surface area contributed by atoms with Crippen LogP contribution in [0.15, 0.2) is 18.2 Å². The summed E-state index contributed by atoms with van der Waals surface area (Å²) in [4.78, 5) is 24.0. The van der Waals surface area contributed by atoms with Crippen LogP contribution in [0.25, 0.3) is 0 Å². The first-order valence-electron chi connectivity index (χ1n) is 7.18. The van der Waals surface area contributed by atoms with Gasteiger partial charge in [-0.2, -0.15) is 0 Å². The number of carbonyl (C=O) groups is 2. The van der Waals surface area contributed by atoms with Gasteiger partial charge in [0.2, 0.25) is 0 Å². The highest BCUT2D eigenvalue weighted by Crippen LogP contribution is 2.32. The molecule has 1 aromatic carbocycles. The third-order valence-electron chi connectivity index (χ3n) is 3.22. The number of hydrogen-bond donors (Lipinski definition) is 0. The Hall–Kier alpha value is -1.26. The summed E-state index contributed by atoms with van der Waals surface area (Å²) in [6.45, 7) is 5.70. The second-order valence-electron chi connectivity index (χ2n) is 4.86. The number of ether oxygens (including phenoxy) is 2. The summed E-state index contributed by atoms with van der Waals surface area (Å²) in [5.41, 5.74) is 0.824. The quantitative estimate of drug-likeness (QED) is 0.547. The van der Waals surface area contributed by atoms with Crippen LogP contribution in [0.2, 0.25) is 10.0 Å². The van der Waals surface area contributed by atoms with E-state index in [2.05, 4.69) is 0 Å². The maximum absolute atomic E-state index is 12.0. The fraction of sp³-hybridized carbons (Fsp3) is 0.500. The molecule has 0 amide bonds. The van der Waals surface area contributed by atoms with E-state index in [1.165, 1.54) is 0 Å². The molecule has 1 atom stereocenters. The number of rotatable bonds is 7. The first-order chi connectivity index (χ1) is 10.4. The highest BCUT2D eigenvalue weighted by Gasteiger charge is 2.31. The summed E-state index contributed by atoms with van der Waals surface area (Å²) in [6.07, 6.45) is 0.263. The summed E-state index contributed by atoms with van der Waals surface area (Å²) < 4.78 is 9.93. The maximum atomic E-state index is 12.0. The minimum absolute atomic E-state index is 0.122. The van der Waals surface area contributed by atoms with Crippen molar-refractivity contribution in [1.29, 1.82) is 0 Å². The lowest BCUT2D eigenvalue weighted by molar-refractivity contribution is -0.162. The predicted octanol–water partition coefficient (Wildman–Crippen LogP) is 4.23. The molecule has 1 rings (SSSR count). The molecule has 1 aromatic rings. The van der Waals surface area contributed by atoms with Gasteiger partial charge in [0, 0.05) is 10.0 Å². The van der Waals surface area contributed by atoms with Gasteiger partial charge in [0.15, 0.2) is 5.92 Å². The van der Waals surface area contributed by atoms with Gasteiger partial charge in [0.1, 0.15) is 0 Å². The van der Waals surface area contributed by atoms with Gasteiger partial charge in [-0.15, -0.1) is 0 Å². The molecule has 0 radical (unpaired) electrons. The molecule has 0 aliphatic carbocycles. The first kappa shape index (κ1) is 18.8. The normalized spacial score (nSPS) is 12.1. The van der Waals surface area contributed by atoms with E-state index in [1.54, 1.807) is 32.0 Å². The number of carbonyl (C=O) groups excluding carboxylic acids is 2. The third-order valence-corrected chi connectivity index (χ3v) is 3.79. The van der Waals surface area contributed by atoms with Crippen LogP contribution in [0.5, 0.6) is 0 Å². The van der Waals surface area contributed by atoms with E-state index in [-0.39, 0.29) is 25.6 Å². The van der Waals surface area contributed by atoms with Gasteiger partial charge in [-0.3, -0.25) is 9.59 Å². The molecule has 0 aromatic heterocycles. The first-order valence-corrected chi connectivity index (χ1v) is 7.94. The summed E-state index contributed by atoms with van der Waals surface area (Å²) >= 11 is 12.1. The van der Waals surface area contributed by atoms with E-state index in [4.69, 9.17) is 32.7 Å². The lowest BCUT2D eigenvalue weighted by Crippen LogP contribution is -2.29. The van der Waals surface area contributed by atoms with Gasteiger partial charge in [-0.05, 0) is 43.9 Å². The Bertz CT molecular complexity index is 513. The molecule has 0 bridgehead atoms. The molecule has 0 aliphatic heterocycles. The standard InChI is InChI=1S/C16H20Cl2O4/c1-4-21-15(19)13(16(20)22-5-2)8-10(3)12-7-6-11(17)9-14(12)18/h6-7,9-10,13H,4-5,8H2,1-3H3. The van der Waals surface area contributed by atoms with Crippen LogP contribution in [0, 0.1) is 5.92 Å². The molecule has 4 nitrogen and oxygen atoms in total. The average Bonchev–Trinajstić information content (AvgIpc) is 2.44. The zero-order valence-corrected chi connectivity index (χ0v) is 14.4. The maximum Gasteiger partial charge on any atom is 0.320 e. The highest BCUT2D eigenvalue weighted by atomic mass is 35.5. The summed E-state index contributed by atoms with van der Waals surface area (Å²) in [7, 11) is 0. The van der Waals surface area contributed by atoms with Gasteiger partial charge in [0.25, 0.3) is 0 Å². The van der Waals surface area contributed by atoms with Gasteiger partial charge >= 0.3 is 11.9 Å². The van der Waals surface area contributed by atoms with E-state index < -0.39 is 17.9 Å². The van der Waals surface area contributed by atoms with Gasteiger partial charge in [-0.25, -0.2) is 0 Å². The topological polar surface area (TPSA) is 52.6 Å². The molecule has 1 unspecified atom stereocenters. The summed E-state index contributed by atoms with van der Waals surface area (Å²) in [6, 6.07) is 5.16. The Labute approximate surface area is 140 Å². The van der Waals surface area contributed by atoms with E-state index in [9.17, 15) is 9.59 Å². The van der Waals surface area contributed by atoms with E-state index in [0.717, 1.165) is 5.56 Å². The lowest BCUT2D eigenvalue weighted by Gasteiger charge is -2.19. The van der Waals surface area contributed by atoms with Crippen molar-refractivity contribution in [2.45, 2.75) is 33.1 Å². The smallest absolute Gasteiger partial charge is 0.320 e. The van der Waals surface area contributed by atoms with Crippen LogP contribution in [-0.4, -0.2) is 25.2 Å². The van der Waals surface area contributed by atoms with Crippen molar-refractivity contribution in [2.75, 3.05) is 13.2 Å². The molecule has 0 saturated heterocycles. The van der Waals surface area contributed by atoms with E-state index in [0.29, 0.717) is 10.0 Å². The molecule has 6 heteroatoms. The van der Waals surface area contributed by atoms with Crippen LogP contribution in [0.3, 0.4) is 0 Å². The fourth-order valence-electron chi connectivity index (χ4n) is 2.16. The Morgan fingerprint density at radius 1 is 1.09 bits per heavy atom. The van der Waals surface area contributed by atoms with Crippen molar-refractivity contribution in [2.24, 2.45) is 5.92 Å². The van der Waals surface area contributed by atoms with Crippen LogP contribution >= 0.6 is 23.2 Å². The Morgan fingerprint density at radius 3 is 2.09 bits per heavy atom. The lowest BCUT2D eigenvalue weighted by atomic mass is 9.90.